The number of nitrogens with zero attached hydrogens (tertiary/aromatic N) is 2. The second kappa shape index (κ2) is 11.4. The zero-order valence-electron chi connectivity index (χ0n) is 18.0. The molecule has 0 saturated heterocycles. The number of nitrogens with one attached hydrogen (secondary N) is 1. The number of aromatic amines is 1. The molecule has 0 atom stereocenters. The monoisotopic (exact) mass is 467 g/mol. The van der Waals surface area contributed by atoms with Crippen molar-refractivity contribution in [2.24, 2.45) is 0 Å². The molecule has 0 radical (unpaired) electrons. The number of para-hydroxylation sites is 2. The van der Waals surface area contributed by atoms with Crippen LogP contribution in [0.2, 0.25) is 0 Å². The van der Waals surface area contributed by atoms with E-state index in [1.54, 1.807) is 23.5 Å². The molecule has 0 aliphatic carbocycles. The lowest BCUT2D eigenvalue weighted by molar-refractivity contribution is 0.327. The van der Waals surface area contributed by atoms with Gasteiger partial charge in [-0.25, -0.2) is 9.37 Å². The maximum atomic E-state index is 13.0. The Morgan fingerprint density at radius 3 is 2.66 bits per heavy atom. The van der Waals surface area contributed by atoms with Crippen LogP contribution >= 0.6 is 23.5 Å². The van der Waals surface area contributed by atoms with E-state index >= 15 is 0 Å². The van der Waals surface area contributed by atoms with E-state index in [-0.39, 0.29) is 5.82 Å². The lowest BCUT2D eigenvalue weighted by Gasteiger charge is -2.13. The van der Waals surface area contributed by atoms with Crippen LogP contribution in [0, 0.1) is 5.82 Å². The Hall–Kier alpha value is -2.51. The molecular weight excluding hydrogens is 441 g/mol. The Labute approximate surface area is 196 Å². The Morgan fingerprint density at radius 2 is 1.84 bits per heavy atom. The number of unbranched alkanes of at least 4 members (excludes halogenated alkanes) is 1. The molecule has 2 aromatic carbocycles. The van der Waals surface area contributed by atoms with Crippen LogP contribution in [0.4, 0.5) is 4.39 Å². The van der Waals surface area contributed by atoms with Crippen molar-refractivity contribution >= 4 is 34.6 Å². The zero-order valence-corrected chi connectivity index (χ0v) is 19.6. The molecule has 1 N–H and O–H groups in total. The van der Waals surface area contributed by atoms with Crippen molar-refractivity contribution in [1.82, 2.24) is 15.0 Å². The highest BCUT2D eigenvalue weighted by Crippen LogP contribution is 2.35. The summed E-state index contributed by atoms with van der Waals surface area (Å²) in [4.78, 5) is 13.7. The number of fused-ring (bicyclic) bond motifs is 1. The van der Waals surface area contributed by atoms with E-state index in [2.05, 4.69) is 15.0 Å². The summed E-state index contributed by atoms with van der Waals surface area (Å²) < 4.78 is 19.0. The average Bonchev–Trinajstić information content (AvgIpc) is 3.23. The predicted octanol–water partition coefficient (Wildman–Crippen LogP) is 6.90. The molecule has 0 unspecified atom stereocenters. The van der Waals surface area contributed by atoms with Crippen LogP contribution in [-0.2, 0) is 12.2 Å². The standard InChI is InChI=1S/C25H26FN3OS2/c1-2-30-24-22(17-32-25-28-20-8-3-4-9-21(20)29-25)27-15-14-23(24)31-16-6-5-7-18-10-12-19(26)13-11-18/h3-4,8-15H,2,5-7,16-17H2,1H3,(H,28,29). The first-order chi connectivity index (χ1) is 15.7. The number of ether oxygens (including phenoxy) is 1. The third kappa shape index (κ3) is 6.04. The number of halogens is 1. The van der Waals surface area contributed by atoms with Crippen LogP contribution in [-0.4, -0.2) is 27.3 Å². The molecule has 0 aliphatic heterocycles. The van der Waals surface area contributed by atoms with Crippen molar-refractivity contribution in [1.29, 1.82) is 0 Å². The van der Waals surface area contributed by atoms with Gasteiger partial charge >= 0.3 is 0 Å². The van der Waals surface area contributed by atoms with Crippen molar-refractivity contribution < 1.29 is 9.13 Å². The minimum Gasteiger partial charge on any atom is -0.491 e. The van der Waals surface area contributed by atoms with E-state index in [4.69, 9.17) is 4.74 Å². The second-order valence-corrected chi connectivity index (χ2v) is 9.40. The summed E-state index contributed by atoms with van der Waals surface area (Å²) in [5.41, 5.74) is 4.13. The van der Waals surface area contributed by atoms with E-state index in [1.165, 1.54) is 17.7 Å². The highest BCUT2D eigenvalue weighted by Gasteiger charge is 2.13. The molecule has 0 spiro atoms. The van der Waals surface area contributed by atoms with E-state index in [0.29, 0.717) is 12.4 Å². The van der Waals surface area contributed by atoms with Crippen molar-refractivity contribution in [2.45, 2.75) is 42.0 Å². The minimum atomic E-state index is -0.181. The number of aryl methyl sites for hydroxylation is 1. The molecule has 0 fully saturated rings. The molecule has 4 rings (SSSR count). The van der Waals surface area contributed by atoms with Crippen LogP contribution in [0.15, 0.2) is 70.8 Å². The molecule has 2 aromatic heterocycles. The first kappa shape index (κ1) is 22.7. The quantitative estimate of drug-likeness (QED) is 0.192. The van der Waals surface area contributed by atoms with Crippen molar-refractivity contribution in [3.8, 4) is 5.75 Å². The first-order valence-corrected chi connectivity index (χ1v) is 12.8. The molecule has 0 bridgehead atoms. The summed E-state index contributed by atoms with van der Waals surface area (Å²) in [5.74, 6) is 2.39. The molecule has 0 amide bonds. The van der Waals surface area contributed by atoms with Crippen molar-refractivity contribution in [3.05, 3.63) is 77.9 Å². The van der Waals surface area contributed by atoms with Gasteiger partial charge in [0.05, 0.1) is 28.2 Å². The Morgan fingerprint density at radius 1 is 1.00 bits per heavy atom. The molecule has 32 heavy (non-hydrogen) atoms. The molecule has 0 saturated carbocycles. The number of benzene rings is 2. The summed E-state index contributed by atoms with van der Waals surface area (Å²) in [7, 11) is 0. The number of rotatable bonds is 11. The third-order valence-corrected chi connectivity index (χ3v) is 6.98. The van der Waals surface area contributed by atoms with Crippen molar-refractivity contribution in [3.63, 3.8) is 0 Å². The molecule has 0 aliphatic rings. The van der Waals surface area contributed by atoms with Gasteiger partial charge in [0.2, 0.25) is 0 Å². The predicted molar refractivity (Wildman–Crippen MR) is 131 cm³/mol. The normalized spacial score (nSPS) is 11.2. The van der Waals surface area contributed by atoms with E-state index in [1.807, 2.05) is 55.6 Å². The third-order valence-electron chi connectivity index (χ3n) is 4.97. The van der Waals surface area contributed by atoms with Gasteiger partial charge in [-0.2, -0.15) is 0 Å². The first-order valence-electron chi connectivity index (χ1n) is 10.8. The Bertz CT molecular complexity index is 1110. The van der Waals surface area contributed by atoms with Crippen LogP contribution in [0.3, 0.4) is 0 Å². The molecule has 4 nitrogen and oxygen atoms in total. The summed E-state index contributed by atoms with van der Waals surface area (Å²) in [6.07, 6.45) is 4.98. The fourth-order valence-corrected chi connectivity index (χ4v) is 5.24. The van der Waals surface area contributed by atoms with E-state index in [0.717, 1.165) is 57.5 Å². The number of aromatic nitrogens is 3. The largest absolute Gasteiger partial charge is 0.491 e. The fourth-order valence-electron chi connectivity index (χ4n) is 3.39. The molecule has 2 heterocycles. The van der Waals surface area contributed by atoms with Gasteiger partial charge in [0.25, 0.3) is 0 Å². The van der Waals surface area contributed by atoms with Crippen LogP contribution in [0.1, 0.15) is 31.0 Å². The van der Waals surface area contributed by atoms with Crippen molar-refractivity contribution in [2.75, 3.05) is 12.4 Å². The summed E-state index contributed by atoms with van der Waals surface area (Å²) in [6, 6.07) is 16.9. The van der Waals surface area contributed by atoms with Gasteiger partial charge in [0, 0.05) is 11.9 Å². The maximum absolute atomic E-state index is 13.0. The summed E-state index contributed by atoms with van der Waals surface area (Å²) in [6.45, 7) is 2.60. The second-order valence-electron chi connectivity index (χ2n) is 7.30. The number of imidazole rings is 1. The Balaban J connectivity index is 1.33. The highest BCUT2D eigenvalue weighted by atomic mass is 32.2. The van der Waals surface area contributed by atoms with Gasteiger partial charge in [0.1, 0.15) is 5.82 Å². The number of pyridine rings is 1. The average molecular weight is 468 g/mol. The van der Waals surface area contributed by atoms with E-state index < -0.39 is 0 Å². The molecule has 4 aromatic rings. The SMILES string of the molecule is CCOc1c(SCCCCc2ccc(F)cc2)ccnc1CSc1nc2ccccc2[nH]1. The number of hydrogen-bond donors (Lipinski definition) is 1. The number of thioether (sulfide) groups is 2. The van der Waals surface area contributed by atoms with Crippen LogP contribution < -0.4 is 4.74 Å². The van der Waals surface area contributed by atoms with Gasteiger partial charge in [-0.1, -0.05) is 36.0 Å². The molecule has 7 heteroatoms. The lowest BCUT2D eigenvalue weighted by atomic mass is 10.1. The smallest absolute Gasteiger partial charge is 0.166 e. The maximum Gasteiger partial charge on any atom is 0.166 e. The highest BCUT2D eigenvalue weighted by molar-refractivity contribution is 7.99. The van der Waals surface area contributed by atoms with Crippen LogP contribution in [0.5, 0.6) is 5.75 Å². The van der Waals surface area contributed by atoms with Gasteiger partial charge in [0.15, 0.2) is 10.9 Å². The van der Waals surface area contributed by atoms with Gasteiger partial charge in [-0.05, 0) is 67.8 Å². The summed E-state index contributed by atoms with van der Waals surface area (Å²) >= 11 is 3.44. The molecular formula is C25H26FN3OS2. The zero-order chi connectivity index (χ0) is 22.2. The number of H-pyrrole nitrogens is 1. The lowest BCUT2D eigenvalue weighted by Crippen LogP contribution is -2.00. The van der Waals surface area contributed by atoms with Gasteiger partial charge in [-0.3, -0.25) is 4.98 Å². The number of hydrogen-bond acceptors (Lipinski definition) is 5. The Kier molecular flexibility index (Phi) is 8.07. The topological polar surface area (TPSA) is 50.8 Å². The van der Waals surface area contributed by atoms with Gasteiger partial charge in [-0.15, -0.1) is 11.8 Å². The van der Waals surface area contributed by atoms with Crippen LogP contribution in [0.25, 0.3) is 11.0 Å². The summed E-state index contributed by atoms with van der Waals surface area (Å²) in [5, 5.41) is 0.884. The minimum absolute atomic E-state index is 0.181. The molecule has 166 valence electrons. The van der Waals surface area contributed by atoms with Gasteiger partial charge < -0.3 is 9.72 Å². The van der Waals surface area contributed by atoms with E-state index in [9.17, 15) is 4.39 Å². The fraction of sp³-hybridized carbons (Fsp3) is 0.280.